The minimum Gasteiger partial charge on any atom is -0.494 e. The van der Waals surface area contributed by atoms with E-state index >= 15 is 0 Å². The molecule has 2 rings (SSSR count). The molecule has 1 nitrogen and oxygen atoms in total. The number of aryl methyl sites for hydroxylation is 2. The lowest BCUT2D eigenvalue weighted by Gasteiger charge is -2.06. The van der Waals surface area contributed by atoms with Crippen LogP contribution in [0.5, 0.6) is 5.75 Å². The molecule has 0 radical (unpaired) electrons. The van der Waals surface area contributed by atoms with Crippen molar-refractivity contribution in [1.82, 2.24) is 0 Å². The van der Waals surface area contributed by atoms with Crippen LogP contribution in [0.15, 0.2) is 42.5 Å². The highest BCUT2D eigenvalue weighted by atomic mass is 19.1. The second kappa shape index (κ2) is 5.63. The topological polar surface area (TPSA) is 9.23 Å². The Labute approximate surface area is 105 Å². The summed E-state index contributed by atoms with van der Waals surface area (Å²) in [5.74, 6) is -0.358. The second-order valence-corrected chi connectivity index (χ2v) is 4.10. The molecule has 0 aromatic heterocycles. The normalized spacial score (nSPS) is 10.4. The molecule has 0 saturated heterocycles. The van der Waals surface area contributed by atoms with Crippen LogP contribution in [0.2, 0.25) is 0 Å². The lowest BCUT2D eigenvalue weighted by molar-refractivity contribution is 0.386. The van der Waals surface area contributed by atoms with E-state index in [9.17, 15) is 8.78 Å². The molecular formula is C15H14F2O. The number of hydrogen-bond acceptors (Lipinski definition) is 1. The van der Waals surface area contributed by atoms with Crippen LogP contribution in [0, 0.1) is 11.6 Å². The molecule has 2 aromatic rings. The minimum atomic E-state index is -0.369. The number of halogens is 2. The van der Waals surface area contributed by atoms with Gasteiger partial charge in [0.25, 0.3) is 0 Å². The summed E-state index contributed by atoms with van der Waals surface area (Å²) in [6.07, 6.45) is 1.44. The third-order valence-electron chi connectivity index (χ3n) is 2.81. The fraction of sp³-hybridized carbons (Fsp3) is 0.200. The Morgan fingerprint density at radius 2 is 1.67 bits per heavy atom. The summed E-state index contributed by atoms with van der Waals surface area (Å²) in [6.45, 7) is 0. The fourth-order valence-electron chi connectivity index (χ4n) is 1.84. The van der Waals surface area contributed by atoms with Gasteiger partial charge < -0.3 is 4.74 Å². The van der Waals surface area contributed by atoms with E-state index in [-0.39, 0.29) is 17.4 Å². The maximum atomic E-state index is 13.2. The molecule has 0 saturated carbocycles. The van der Waals surface area contributed by atoms with Gasteiger partial charge in [0.15, 0.2) is 11.6 Å². The number of methoxy groups -OCH3 is 1. The molecule has 0 N–H and O–H groups in total. The van der Waals surface area contributed by atoms with Crippen LogP contribution in [-0.4, -0.2) is 7.11 Å². The highest BCUT2D eigenvalue weighted by molar-refractivity contribution is 5.31. The molecule has 0 aliphatic heterocycles. The van der Waals surface area contributed by atoms with Crippen molar-refractivity contribution >= 4 is 0 Å². The van der Waals surface area contributed by atoms with Gasteiger partial charge in [0, 0.05) is 0 Å². The van der Waals surface area contributed by atoms with E-state index in [4.69, 9.17) is 4.74 Å². The fourth-order valence-corrected chi connectivity index (χ4v) is 1.84. The first-order valence-electron chi connectivity index (χ1n) is 5.76. The zero-order valence-corrected chi connectivity index (χ0v) is 10.1. The molecule has 0 bridgehead atoms. The quantitative estimate of drug-likeness (QED) is 0.800. The van der Waals surface area contributed by atoms with Crippen LogP contribution in [0.3, 0.4) is 0 Å². The van der Waals surface area contributed by atoms with Crippen LogP contribution < -0.4 is 4.74 Å². The SMILES string of the molecule is COc1cc(CCc2cccc(F)c2)ccc1F. The molecule has 3 heteroatoms. The van der Waals surface area contributed by atoms with Crippen molar-refractivity contribution in [3.05, 3.63) is 65.2 Å². The van der Waals surface area contributed by atoms with E-state index < -0.39 is 0 Å². The highest BCUT2D eigenvalue weighted by Crippen LogP contribution is 2.19. The Balaban J connectivity index is 2.06. The summed E-state index contributed by atoms with van der Waals surface area (Å²) in [6, 6.07) is 11.3. The van der Waals surface area contributed by atoms with Gasteiger partial charge in [-0.2, -0.15) is 0 Å². The Hall–Kier alpha value is -1.90. The monoisotopic (exact) mass is 248 g/mol. The van der Waals surface area contributed by atoms with Crippen molar-refractivity contribution in [2.75, 3.05) is 7.11 Å². The third-order valence-corrected chi connectivity index (χ3v) is 2.81. The molecule has 0 spiro atoms. The van der Waals surface area contributed by atoms with E-state index in [2.05, 4.69) is 0 Å². The first kappa shape index (κ1) is 12.6. The predicted octanol–water partition coefficient (Wildman–Crippen LogP) is 3.76. The van der Waals surface area contributed by atoms with Crippen LogP contribution >= 0.6 is 0 Å². The van der Waals surface area contributed by atoms with Gasteiger partial charge in [-0.05, 0) is 48.2 Å². The molecule has 0 aliphatic rings. The summed E-state index contributed by atoms with van der Waals surface area (Å²) in [7, 11) is 1.44. The molecule has 18 heavy (non-hydrogen) atoms. The Kier molecular flexibility index (Phi) is 3.92. The first-order chi connectivity index (χ1) is 8.69. The largest absolute Gasteiger partial charge is 0.494 e. The summed E-state index contributed by atoms with van der Waals surface area (Å²) >= 11 is 0. The average Bonchev–Trinajstić information content (AvgIpc) is 2.38. The summed E-state index contributed by atoms with van der Waals surface area (Å²) in [4.78, 5) is 0. The van der Waals surface area contributed by atoms with Crippen LogP contribution in [0.4, 0.5) is 8.78 Å². The molecule has 0 fully saturated rings. The van der Waals surface area contributed by atoms with Gasteiger partial charge in [0.2, 0.25) is 0 Å². The third kappa shape index (κ3) is 3.06. The number of benzene rings is 2. The lowest BCUT2D eigenvalue weighted by atomic mass is 10.0. The summed E-state index contributed by atoms with van der Waals surface area (Å²) in [5, 5.41) is 0. The number of ether oxygens (including phenoxy) is 1. The van der Waals surface area contributed by atoms with Gasteiger partial charge in [-0.3, -0.25) is 0 Å². The highest BCUT2D eigenvalue weighted by Gasteiger charge is 2.04. The van der Waals surface area contributed by atoms with Crippen LogP contribution in [-0.2, 0) is 12.8 Å². The van der Waals surface area contributed by atoms with Crippen molar-refractivity contribution in [1.29, 1.82) is 0 Å². The molecule has 0 amide bonds. The predicted molar refractivity (Wildman–Crippen MR) is 66.8 cm³/mol. The lowest BCUT2D eigenvalue weighted by Crippen LogP contribution is -1.94. The van der Waals surface area contributed by atoms with Gasteiger partial charge in [-0.25, -0.2) is 8.78 Å². The Morgan fingerprint density at radius 1 is 0.944 bits per heavy atom. The zero-order valence-electron chi connectivity index (χ0n) is 10.1. The maximum absolute atomic E-state index is 13.2. The second-order valence-electron chi connectivity index (χ2n) is 4.10. The van der Waals surface area contributed by atoms with Crippen molar-refractivity contribution in [2.24, 2.45) is 0 Å². The van der Waals surface area contributed by atoms with Crippen molar-refractivity contribution in [3.8, 4) is 5.75 Å². The van der Waals surface area contributed by atoms with E-state index in [1.807, 2.05) is 6.07 Å². The molecule has 2 aromatic carbocycles. The van der Waals surface area contributed by atoms with E-state index in [0.717, 1.165) is 17.5 Å². The van der Waals surface area contributed by atoms with Gasteiger partial charge in [-0.1, -0.05) is 18.2 Å². The van der Waals surface area contributed by atoms with E-state index in [1.54, 1.807) is 18.2 Å². The molecule has 0 unspecified atom stereocenters. The molecule has 0 aliphatic carbocycles. The molecule has 94 valence electrons. The average molecular weight is 248 g/mol. The van der Waals surface area contributed by atoms with Crippen LogP contribution in [0.25, 0.3) is 0 Å². The first-order valence-corrected chi connectivity index (χ1v) is 5.76. The zero-order chi connectivity index (χ0) is 13.0. The van der Waals surface area contributed by atoms with Crippen LogP contribution in [0.1, 0.15) is 11.1 Å². The molecular weight excluding hydrogens is 234 g/mol. The smallest absolute Gasteiger partial charge is 0.165 e. The minimum absolute atomic E-state index is 0.232. The van der Waals surface area contributed by atoms with E-state index in [1.165, 1.54) is 25.3 Å². The Bertz CT molecular complexity index is 538. The molecule has 0 atom stereocenters. The van der Waals surface area contributed by atoms with Gasteiger partial charge >= 0.3 is 0 Å². The van der Waals surface area contributed by atoms with Crippen molar-refractivity contribution in [3.63, 3.8) is 0 Å². The van der Waals surface area contributed by atoms with Gasteiger partial charge in [-0.15, -0.1) is 0 Å². The van der Waals surface area contributed by atoms with Gasteiger partial charge in [0.1, 0.15) is 5.82 Å². The van der Waals surface area contributed by atoms with Crippen molar-refractivity contribution in [2.45, 2.75) is 12.8 Å². The Morgan fingerprint density at radius 3 is 2.33 bits per heavy atom. The number of rotatable bonds is 4. The standard InChI is InChI=1S/C15H14F2O/c1-18-15-10-12(7-8-14(15)17)6-5-11-3-2-4-13(16)9-11/h2-4,7-10H,5-6H2,1H3. The van der Waals surface area contributed by atoms with Crippen molar-refractivity contribution < 1.29 is 13.5 Å². The van der Waals surface area contributed by atoms with Gasteiger partial charge in [0.05, 0.1) is 7.11 Å². The summed E-state index contributed by atoms with van der Waals surface area (Å²) < 4.78 is 31.1. The van der Waals surface area contributed by atoms with E-state index in [0.29, 0.717) is 6.42 Å². The summed E-state index contributed by atoms with van der Waals surface area (Å²) in [5.41, 5.74) is 1.90. The maximum Gasteiger partial charge on any atom is 0.165 e. The molecule has 0 heterocycles. The number of hydrogen-bond donors (Lipinski definition) is 0.